The lowest BCUT2D eigenvalue weighted by atomic mass is 10.1. The Labute approximate surface area is 101 Å². The minimum atomic E-state index is 0.101. The molecule has 1 heterocycles. The number of carbonyl (C=O) groups excluding carboxylic acids is 1. The Morgan fingerprint density at radius 1 is 1.35 bits per heavy atom. The van der Waals surface area contributed by atoms with Crippen LogP contribution in [0, 0.1) is 0 Å². The minimum Gasteiger partial charge on any atom is -0.454 e. The van der Waals surface area contributed by atoms with Crippen LogP contribution in [0.15, 0.2) is 18.2 Å². The molecular formula is C13H17NO3. The number of rotatable bonds is 5. The molecule has 1 aliphatic rings. The van der Waals surface area contributed by atoms with Crippen LogP contribution in [0.1, 0.15) is 25.3 Å². The normalized spacial score (nSPS) is 12.5. The second-order valence-electron chi connectivity index (χ2n) is 4.04. The van der Waals surface area contributed by atoms with Gasteiger partial charge in [-0.3, -0.25) is 4.79 Å². The molecule has 1 N–H and O–H groups in total. The van der Waals surface area contributed by atoms with Crippen LogP contribution in [0.5, 0.6) is 11.5 Å². The van der Waals surface area contributed by atoms with Crippen molar-refractivity contribution in [2.75, 3.05) is 13.3 Å². The van der Waals surface area contributed by atoms with Gasteiger partial charge in [-0.25, -0.2) is 0 Å². The molecule has 0 fully saturated rings. The molecule has 1 aliphatic heterocycles. The first-order valence-corrected chi connectivity index (χ1v) is 5.95. The molecule has 17 heavy (non-hydrogen) atoms. The van der Waals surface area contributed by atoms with Crippen LogP contribution in [0.3, 0.4) is 0 Å². The van der Waals surface area contributed by atoms with Gasteiger partial charge in [-0.1, -0.05) is 13.0 Å². The number of ether oxygens (including phenoxy) is 2. The van der Waals surface area contributed by atoms with Gasteiger partial charge in [0, 0.05) is 13.0 Å². The van der Waals surface area contributed by atoms with E-state index in [-0.39, 0.29) is 12.7 Å². The van der Waals surface area contributed by atoms with Gasteiger partial charge in [-0.15, -0.1) is 0 Å². The summed E-state index contributed by atoms with van der Waals surface area (Å²) >= 11 is 0. The average molecular weight is 235 g/mol. The van der Waals surface area contributed by atoms with Crippen molar-refractivity contribution < 1.29 is 14.3 Å². The molecule has 0 saturated heterocycles. The Bertz CT molecular complexity index is 404. The molecule has 0 aliphatic carbocycles. The van der Waals surface area contributed by atoms with Gasteiger partial charge in [0.2, 0.25) is 12.7 Å². The summed E-state index contributed by atoms with van der Waals surface area (Å²) in [6.45, 7) is 3.08. The number of hydrogen-bond acceptors (Lipinski definition) is 3. The molecule has 0 radical (unpaired) electrons. The van der Waals surface area contributed by atoms with Crippen LogP contribution < -0.4 is 14.8 Å². The molecule has 2 rings (SSSR count). The third-order valence-corrected chi connectivity index (χ3v) is 2.65. The van der Waals surface area contributed by atoms with Crippen LogP contribution in [0.4, 0.5) is 0 Å². The third-order valence-electron chi connectivity index (χ3n) is 2.65. The summed E-state index contributed by atoms with van der Waals surface area (Å²) in [5, 5.41) is 2.86. The molecule has 0 unspecified atom stereocenters. The minimum absolute atomic E-state index is 0.101. The largest absolute Gasteiger partial charge is 0.454 e. The first kappa shape index (κ1) is 11.8. The summed E-state index contributed by atoms with van der Waals surface area (Å²) < 4.78 is 10.5. The Hall–Kier alpha value is -1.71. The molecule has 0 aromatic heterocycles. The Morgan fingerprint density at radius 3 is 3.00 bits per heavy atom. The quantitative estimate of drug-likeness (QED) is 0.847. The van der Waals surface area contributed by atoms with E-state index in [1.807, 2.05) is 25.1 Å². The second kappa shape index (κ2) is 5.57. The first-order chi connectivity index (χ1) is 8.29. The van der Waals surface area contributed by atoms with Crippen molar-refractivity contribution in [1.82, 2.24) is 5.32 Å². The number of hydrogen-bond donors (Lipinski definition) is 1. The maximum atomic E-state index is 11.4. The Morgan fingerprint density at radius 2 is 2.18 bits per heavy atom. The molecule has 1 amide bonds. The summed E-state index contributed by atoms with van der Waals surface area (Å²) in [5.41, 5.74) is 1.10. The monoisotopic (exact) mass is 235 g/mol. The number of carbonyl (C=O) groups is 1. The lowest BCUT2D eigenvalue weighted by molar-refractivity contribution is -0.121. The SMILES string of the molecule is CCCNC(=O)CCc1ccc2c(c1)OCO2. The predicted molar refractivity (Wildman–Crippen MR) is 64.2 cm³/mol. The van der Waals surface area contributed by atoms with E-state index in [9.17, 15) is 4.79 Å². The van der Waals surface area contributed by atoms with Crippen LogP contribution in [-0.4, -0.2) is 19.2 Å². The molecule has 4 nitrogen and oxygen atoms in total. The highest BCUT2D eigenvalue weighted by atomic mass is 16.7. The zero-order valence-electron chi connectivity index (χ0n) is 9.99. The Kier molecular flexibility index (Phi) is 3.85. The van der Waals surface area contributed by atoms with E-state index in [2.05, 4.69) is 5.32 Å². The topological polar surface area (TPSA) is 47.6 Å². The van der Waals surface area contributed by atoms with E-state index in [4.69, 9.17) is 9.47 Å². The van der Waals surface area contributed by atoms with Crippen LogP contribution >= 0.6 is 0 Å². The highest BCUT2D eigenvalue weighted by molar-refractivity contribution is 5.76. The first-order valence-electron chi connectivity index (χ1n) is 5.95. The van der Waals surface area contributed by atoms with Gasteiger partial charge in [-0.05, 0) is 30.5 Å². The van der Waals surface area contributed by atoms with E-state index >= 15 is 0 Å². The molecule has 0 saturated carbocycles. The van der Waals surface area contributed by atoms with E-state index in [0.717, 1.165) is 36.4 Å². The van der Waals surface area contributed by atoms with Crippen molar-refractivity contribution in [2.24, 2.45) is 0 Å². The van der Waals surface area contributed by atoms with E-state index in [1.165, 1.54) is 0 Å². The summed E-state index contributed by atoms with van der Waals surface area (Å²) in [4.78, 5) is 11.4. The summed E-state index contributed by atoms with van der Waals surface area (Å²) in [6, 6.07) is 5.80. The molecule has 1 aromatic rings. The molecule has 0 atom stereocenters. The van der Waals surface area contributed by atoms with Crippen molar-refractivity contribution >= 4 is 5.91 Å². The fourth-order valence-electron chi connectivity index (χ4n) is 1.71. The summed E-state index contributed by atoms with van der Waals surface area (Å²) in [6.07, 6.45) is 2.21. The van der Waals surface area contributed by atoms with Gasteiger partial charge in [-0.2, -0.15) is 0 Å². The number of fused-ring (bicyclic) bond motifs is 1. The van der Waals surface area contributed by atoms with E-state index < -0.39 is 0 Å². The molecule has 4 heteroatoms. The highest BCUT2D eigenvalue weighted by Gasteiger charge is 2.13. The zero-order chi connectivity index (χ0) is 12.1. The van der Waals surface area contributed by atoms with Gasteiger partial charge < -0.3 is 14.8 Å². The summed E-state index contributed by atoms with van der Waals surface area (Å²) in [7, 11) is 0. The molecule has 0 bridgehead atoms. The number of benzene rings is 1. The van der Waals surface area contributed by atoms with Crippen molar-refractivity contribution in [3.8, 4) is 11.5 Å². The standard InChI is InChI=1S/C13H17NO3/c1-2-7-14-13(15)6-4-10-3-5-11-12(8-10)17-9-16-11/h3,5,8H,2,4,6-7,9H2,1H3,(H,14,15). The van der Waals surface area contributed by atoms with Gasteiger partial charge in [0.15, 0.2) is 11.5 Å². The van der Waals surface area contributed by atoms with Crippen LogP contribution in [0.25, 0.3) is 0 Å². The van der Waals surface area contributed by atoms with Gasteiger partial charge in [0.25, 0.3) is 0 Å². The third kappa shape index (κ3) is 3.12. The molecule has 1 aromatic carbocycles. The van der Waals surface area contributed by atoms with Crippen molar-refractivity contribution in [2.45, 2.75) is 26.2 Å². The van der Waals surface area contributed by atoms with E-state index in [1.54, 1.807) is 0 Å². The van der Waals surface area contributed by atoms with Gasteiger partial charge in [0.05, 0.1) is 0 Å². The Balaban J connectivity index is 1.85. The fourth-order valence-corrected chi connectivity index (χ4v) is 1.71. The molecule has 0 spiro atoms. The number of amides is 1. The van der Waals surface area contributed by atoms with Crippen molar-refractivity contribution in [3.63, 3.8) is 0 Å². The van der Waals surface area contributed by atoms with Crippen LogP contribution in [0.2, 0.25) is 0 Å². The van der Waals surface area contributed by atoms with Crippen molar-refractivity contribution in [1.29, 1.82) is 0 Å². The molecular weight excluding hydrogens is 218 g/mol. The average Bonchev–Trinajstić information content (AvgIpc) is 2.81. The number of aryl methyl sites for hydroxylation is 1. The number of nitrogens with one attached hydrogen (secondary N) is 1. The fraction of sp³-hybridized carbons (Fsp3) is 0.462. The maximum Gasteiger partial charge on any atom is 0.231 e. The maximum absolute atomic E-state index is 11.4. The smallest absolute Gasteiger partial charge is 0.231 e. The second-order valence-corrected chi connectivity index (χ2v) is 4.04. The zero-order valence-corrected chi connectivity index (χ0v) is 9.99. The van der Waals surface area contributed by atoms with Crippen molar-refractivity contribution in [3.05, 3.63) is 23.8 Å². The summed E-state index contributed by atoms with van der Waals surface area (Å²) in [5.74, 6) is 1.66. The predicted octanol–water partition coefficient (Wildman–Crippen LogP) is 1.87. The van der Waals surface area contributed by atoms with Crippen LogP contribution in [-0.2, 0) is 11.2 Å². The van der Waals surface area contributed by atoms with Gasteiger partial charge >= 0.3 is 0 Å². The lowest BCUT2D eigenvalue weighted by Crippen LogP contribution is -2.24. The lowest BCUT2D eigenvalue weighted by Gasteiger charge is -2.04. The highest BCUT2D eigenvalue weighted by Crippen LogP contribution is 2.32. The van der Waals surface area contributed by atoms with E-state index in [0.29, 0.717) is 6.42 Å². The molecule has 92 valence electrons. The van der Waals surface area contributed by atoms with Gasteiger partial charge in [0.1, 0.15) is 0 Å².